The normalized spacial score (nSPS) is 14.2. The summed E-state index contributed by atoms with van der Waals surface area (Å²) in [5.41, 5.74) is 1.22. The van der Waals surface area contributed by atoms with Crippen LogP contribution < -0.4 is 10.6 Å². The van der Waals surface area contributed by atoms with Gasteiger partial charge in [-0.15, -0.1) is 0 Å². The summed E-state index contributed by atoms with van der Waals surface area (Å²) in [6.07, 6.45) is 3.44. The highest BCUT2D eigenvalue weighted by atomic mass is 16.5. The van der Waals surface area contributed by atoms with Crippen molar-refractivity contribution >= 4 is 11.9 Å². The fourth-order valence-corrected chi connectivity index (χ4v) is 2.51. The van der Waals surface area contributed by atoms with E-state index in [1.807, 2.05) is 37.1 Å². The highest BCUT2D eigenvalue weighted by Gasteiger charge is 2.21. The molecular weight excluding hydrogens is 328 g/mol. The summed E-state index contributed by atoms with van der Waals surface area (Å²) in [5.74, 6) is 1.46. The molecule has 2 rings (SSSR count). The second-order valence-corrected chi connectivity index (χ2v) is 6.70. The number of rotatable bonds is 11. The Kier molecular flexibility index (Phi) is 8.96. The van der Waals surface area contributed by atoms with Crippen LogP contribution in [0.1, 0.15) is 25.3 Å². The van der Waals surface area contributed by atoms with Gasteiger partial charge in [-0.3, -0.25) is 4.79 Å². The molecule has 0 atom stereocenters. The summed E-state index contributed by atoms with van der Waals surface area (Å²) in [7, 11) is 1.97. The van der Waals surface area contributed by atoms with E-state index in [4.69, 9.17) is 4.74 Å². The van der Waals surface area contributed by atoms with E-state index in [-0.39, 0.29) is 12.5 Å². The second kappa shape index (κ2) is 11.5. The minimum absolute atomic E-state index is 0.0604. The van der Waals surface area contributed by atoms with Gasteiger partial charge in [-0.05, 0) is 37.7 Å². The third-order valence-corrected chi connectivity index (χ3v) is 4.27. The summed E-state index contributed by atoms with van der Waals surface area (Å²) in [6, 6.07) is 10.1. The molecule has 0 spiro atoms. The van der Waals surface area contributed by atoms with E-state index in [9.17, 15) is 4.79 Å². The molecule has 6 nitrogen and oxygen atoms in total. The van der Waals surface area contributed by atoms with Crippen molar-refractivity contribution in [2.75, 3.05) is 46.4 Å². The third-order valence-electron chi connectivity index (χ3n) is 4.27. The fourth-order valence-electron chi connectivity index (χ4n) is 2.51. The highest BCUT2D eigenvalue weighted by molar-refractivity contribution is 5.84. The van der Waals surface area contributed by atoms with Crippen LogP contribution in [0.5, 0.6) is 0 Å². The SMILES string of the molecule is CCNC(=NCC(=O)NCCc1ccccc1)N(C)CCOCC1CC1. The molecule has 0 saturated heterocycles. The minimum atomic E-state index is -0.0604. The van der Waals surface area contributed by atoms with Gasteiger partial charge in [0.25, 0.3) is 0 Å². The summed E-state index contributed by atoms with van der Waals surface area (Å²) in [5, 5.41) is 6.14. The van der Waals surface area contributed by atoms with Gasteiger partial charge < -0.3 is 20.3 Å². The van der Waals surface area contributed by atoms with Crippen LogP contribution in [-0.4, -0.2) is 63.2 Å². The van der Waals surface area contributed by atoms with Crippen molar-refractivity contribution in [2.45, 2.75) is 26.2 Å². The van der Waals surface area contributed by atoms with Crippen LogP contribution in [0.2, 0.25) is 0 Å². The molecule has 0 radical (unpaired) electrons. The van der Waals surface area contributed by atoms with Gasteiger partial charge >= 0.3 is 0 Å². The van der Waals surface area contributed by atoms with Crippen LogP contribution in [0, 0.1) is 5.92 Å². The van der Waals surface area contributed by atoms with Crippen molar-refractivity contribution in [1.29, 1.82) is 0 Å². The number of nitrogens with zero attached hydrogens (tertiary/aromatic N) is 2. The van der Waals surface area contributed by atoms with E-state index in [1.54, 1.807) is 0 Å². The van der Waals surface area contributed by atoms with Gasteiger partial charge in [-0.25, -0.2) is 4.99 Å². The monoisotopic (exact) mass is 360 g/mol. The Hall–Kier alpha value is -2.08. The summed E-state index contributed by atoms with van der Waals surface area (Å²) in [6.45, 7) is 5.85. The van der Waals surface area contributed by atoms with Gasteiger partial charge in [0.15, 0.2) is 5.96 Å². The predicted molar refractivity (Wildman–Crippen MR) is 105 cm³/mol. The molecule has 26 heavy (non-hydrogen) atoms. The molecule has 1 amide bonds. The number of likely N-dealkylation sites (N-methyl/N-ethyl adjacent to an activating group) is 1. The average molecular weight is 361 g/mol. The van der Waals surface area contributed by atoms with Gasteiger partial charge in [-0.2, -0.15) is 0 Å². The number of ether oxygens (including phenoxy) is 1. The average Bonchev–Trinajstić information content (AvgIpc) is 3.47. The van der Waals surface area contributed by atoms with Crippen molar-refractivity contribution in [2.24, 2.45) is 10.9 Å². The lowest BCUT2D eigenvalue weighted by Crippen LogP contribution is -2.41. The number of carbonyl (C=O) groups excluding carboxylic acids is 1. The Morgan fingerprint density at radius 2 is 2.04 bits per heavy atom. The topological polar surface area (TPSA) is 66.0 Å². The largest absolute Gasteiger partial charge is 0.379 e. The molecule has 2 N–H and O–H groups in total. The first-order valence-corrected chi connectivity index (χ1v) is 9.57. The Labute approximate surface area is 157 Å². The molecule has 1 saturated carbocycles. The van der Waals surface area contributed by atoms with Crippen LogP contribution in [0.25, 0.3) is 0 Å². The van der Waals surface area contributed by atoms with E-state index in [2.05, 4.69) is 27.8 Å². The first-order valence-electron chi connectivity index (χ1n) is 9.57. The summed E-state index contributed by atoms with van der Waals surface area (Å²) >= 11 is 0. The third kappa shape index (κ3) is 8.34. The maximum atomic E-state index is 12.0. The van der Waals surface area contributed by atoms with E-state index in [0.29, 0.717) is 13.2 Å². The number of carbonyl (C=O) groups is 1. The van der Waals surface area contributed by atoms with Crippen LogP contribution in [0.4, 0.5) is 0 Å². The Morgan fingerprint density at radius 3 is 2.73 bits per heavy atom. The van der Waals surface area contributed by atoms with Crippen LogP contribution in [-0.2, 0) is 16.0 Å². The van der Waals surface area contributed by atoms with Crippen LogP contribution >= 0.6 is 0 Å². The van der Waals surface area contributed by atoms with E-state index in [1.165, 1.54) is 18.4 Å². The minimum Gasteiger partial charge on any atom is -0.379 e. The Morgan fingerprint density at radius 1 is 1.27 bits per heavy atom. The predicted octanol–water partition coefficient (Wildman–Crippen LogP) is 1.67. The first-order chi connectivity index (χ1) is 12.7. The second-order valence-electron chi connectivity index (χ2n) is 6.70. The summed E-state index contributed by atoms with van der Waals surface area (Å²) < 4.78 is 5.67. The lowest BCUT2D eigenvalue weighted by atomic mass is 10.1. The van der Waals surface area contributed by atoms with Gasteiger partial charge in [0, 0.05) is 33.3 Å². The molecule has 1 aromatic carbocycles. The van der Waals surface area contributed by atoms with Gasteiger partial charge in [0.1, 0.15) is 6.54 Å². The standard InChI is InChI=1S/C20H32N4O2/c1-3-21-20(24(2)13-14-26-16-18-9-10-18)23-15-19(25)22-12-11-17-7-5-4-6-8-17/h4-8,18H,3,9-16H2,1-2H3,(H,21,23)(H,22,25). The number of hydrogen-bond acceptors (Lipinski definition) is 3. The van der Waals surface area contributed by atoms with Crippen molar-refractivity contribution in [1.82, 2.24) is 15.5 Å². The molecule has 0 bridgehead atoms. The van der Waals surface area contributed by atoms with Crippen LogP contribution in [0.15, 0.2) is 35.3 Å². The highest BCUT2D eigenvalue weighted by Crippen LogP contribution is 2.28. The van der Waals surface area contributed by atoms with Gasteiger partial charge in [-0.1, -0.05) is 30.3 Å². The smallest absolute Gasteiger partial charge is 0.241 e. The molecule has 0 heterocycles. The zero-order chi connectivity index (χ0) is 18.6. The van der Waals surface area contributed by atoms with E-state index in [0.717, 1.165) is 38.0 Å². The number of benzene rings is 1. The molecule has 1 aromatic rings. The molecule has 1 fully saturated rings. The van der Waals surface area contributed by atoms with Crippen molar-refractivity contribution in [3.8, 4) is 0 Å². The lowest BCUT2D eigenvalue weighted by Gasteiger charge is -2.22. The van der Waals surface area contributed by atoms with Gasteiger partial charge in [0.05, 0.1) is 6.61 Å². The van der Waals surface area contributed by atoms with E-state index < -0.39 is 0 Å². The number of amides is 1. The zero-order valence-corrected chi connectivity index (χ0v) is 16.0. The number of nitrogens with one attached hydrogen (secondary N) is 2. The van der Waals surface area contributed by atoms with Gasteiger partial charge in [0.2, 0.25) is 5.91 Å². The van der Waals surface area contributed by atoms with Crippen molar-refractivity contribution in [3.63, 3.8) is 0 Å². The molecule has 0 aromatic heterocycles. The van der Waals surface area contributed by atoms with Crippen LogP contribution in [0.3, 0.4) is 0 Å². The molecule has 1 aliphatic rings. The molecule has 1 aliphatic carbocycles. The first kappa shape index (κ1) is 20.2. The van der Waals surface area contributed by atoms with Crippen molar-refractivity contribution < 1.29 is 9.53 Å². The number of aliphatic imine (C=N–C) groups is 1. The van der Waals surface area contributed by atoms with Crippen molar-refractivity contribution in [3.05, 3.63) is 35.9 Å². The summed E-state index contributed by atoms with van der Waals surface area (Å²) in [4.78, 5) is 18.5. The zero-order valence-electron chi connectivity index (χ0n) is 16.0. The quantitative estimate of drug-likeness (QED) is 0.358. The fraction of sp³-hybridized carbons (Fsp3) is 0.600. The Balaban J connectivity index is 1.67. The number of guanidine groups is 1. The Bertz CT molecular complexity index is 558. The lowest BCUT2D eigenvalue weighted by molar-refractivity contribution is -0.119. The number of hydrogen-bond donors (Lipinski definition) is 2. The maximum Gasteiger partial charge on any atom is 0.241 e. The maximum absolute atomic E-state index is 12.0. The van der Waals surface area contributed by atoms with E-state index >= 15 is 0 Å². The molecular formula is C20H32N4O2. The molecule has 0 aliphatic heterocycles. The molecule has 6 heteroatoms. The molecule has 144 valence electrons. The molecule has 0 unspecified atom stereocenters.